The largest absolute Gasteiger partial charge is 0.482 e. The molecule has 0 atom stereocenters. The van der Waals surface area contributed by atoms with E-state index in [1.807, 2.05) is 42.5 Å². The molecule has 0 aliphatic heterocycles. The van der Waals surface area contributed by atoms with Gasteiger partial charge in [-0.15, -0.1) is 0 Å². The Morgan fingerprint density at radius 1 is 0.893 bits per heavy atom. The molecular weight excluding hydrogens is 350 g/mol. The van der Waals surface area contributed by atoms with E-state index in [1.165, 1.54) is 11.1 Å². The molecule has 0 radical (unpaired) electrons. The van der Waals surface area contributed by atoms with Crippen LogP contribution in [0.3, 0.4) is 0 Å². The van der Waals surface area contributed by atoms with E-state index in [4.69, 9.17) is 9.84 Å². The van der Waals surface area contributed by atoms with E-state index >= 15 is 0 Å². The van der Waals surface area contributed by atoms with Crippen LogP contribution in [0.4, 0.5) is 0 Å². The Kier molecular flexibility index (Phi) is 5.11. The predicted octanol–water partition coefficient (Wildman–Crippen LogP) is 4.88. The SMILES string of the molecule is O=C(O)COc1ccc2c(c1)c(CCc1ccccc1)cn2-c1ccccc1. The average Bonchev–Trinajstić information content (AvgIpc) is 3.10. The number of fused-ring (bicyclic) bond motifs is 1. The fraction of sp³-hybridized carbons (Fsp3) is 0.125. The lowest BCUT2D eigenvalue weighted by atomic mass is 10.0. The summed E-state index contributed by atoms with van der Waals surface area (Å²) in [6, 6.07) is 26.4. The number of benzene rings is 3. The molecule has 0 fully saturated rings. The summed E-state index contributed by atoms with van der Waals surface area (Å²) in [6.45, 7) is -0.343. The molecule has 0 aliphatic carbocycles. The van der Waals surface area contributed by atoms with Crippen molar-refractivity contribution >= 4 is 16.9 Å². The molecule has 1 heterocycles. The third-order valence-electron chi connectivity index (χ3n) is 4.78. The second kappa shape index (κ2) is 8.01. The number of carbonyl (C=O) groups is 1. The van der Waals surface area contributed by atoms with E-state index < -0.39 is 5.97 Å². The monoisotopic (exact) mass is 371 g/mol. The summed E-state index contributed by atoms with van der Waals surface area (Å²) >= 11 is 0. The fourth-order valence-electron chi connectivity index (χ4n) is 3.44. The molecule has 28 heavy (non-hydrogen) atoms. The van der Waals surface area contributed by atoms with Crippen molar-refractivity contribution in [1.82, 2.24) is 4.57 Å². The van der Waals surface area contributed by atoms with Gasteiger partial charge in [-0.3, -0.25) is 0 Å². The minimum Gasteiger partial charge on any atom is -0.482 e. The van der Waals surface area contributed by atoms with Gasteiger partial charge in [-0.1, -0.05) is 48.5 Å². The quantitative estimate of drug-likeness (QED) is 0.504. The first-order valence-electron chi connectivity index (χ1n) is 9.28. The number of para-hydroxylation sites is 1. The number of nitrogens with zero attached hydrogens (tertiary/aromatic N) is 1. The van der Waals surface area contributed by atoms with E-state index in [-0.39, 0.29) is 6.61 Å². The maximum absolute atomic E-state index is 10.8. The van der Waals surface area contributed by atoms with Crippen molar-refractivity contribution in [2.75, 3.05) is 6.61 Å². The molecule has 0 unspecified atom stereocenters. The highest BCUT2D eigenvalue weighted by atomic mass is 16.5. The molecule has 0 spiro atoms. The first-order chi connectivity index (χ1) is 13.7. The van der Waals surface area contributed by atoms with Crippen molar-refractivity contribution in [3.8, 4) is 11.4 Å². The van der Waals surface area contributed by atoms with Gasteiger partial charge < -0.3 is 14.4 Å². The molecule has 1 aromatic heterocycles. The summed E-state index contributed by atoms with van der Waals surface area (Å²) in [4.78, 5) is 10.8. The van der Waals surface area contributed by atoms with E-state index in [2.05, 4.69) is 47.2 Å². The Balaban J connectivity index is 1.72. The highest BCUT2D eigenvalue weighted by Gasteiger charge is 2.12. The van der Waals surface area contributed by atoms with E-state index in [0.717, 1.165) is 29.4 Å². The molecular formula is C24H21NO3. The smallest absolute Gasteiger partial charge is 0.341 e. The minimum atomic E-state index is -0.980. The van der Waals surface area contributed by atoms with Crippen molar-refractivity contribution in [1.29, 1.82) is 0 Å². The minimum absolute atomic E-state index is 0.343. The third-order valence-corrected chi connectivity index (χ3v) is 4.78. The Morgan fingerprint density at radius 2 is 1.61 bits per heavy atom. The Morgan fingerprint density at radius 3 is 2.32 bits per heavy atom. The number of aryl methyl sites for hydroxylation is 2. The molecule has 0 aliphatic rings. The maximum atomic E-state index is 10.8. The maximum Gasteiger partial charge on any atom is 0.341 e. The van der Waals surface area contributed by atoms with Crippen molar-refractivity contribution in [3.63, 3.8) is 0 Å². The highest BCUT2D eigenvalue weighted by molar-refractivity contribution is 5.87. The number of carboxylic acids is 1. The van der Waals surface area contributed by atoms with Gasteiger partial charge in [0.2, 0.25) is 0 Å². The summed E-state index contributed by atoms with van der Waals surface area (Å²) in [5.41, 5.74) is 4.68. The van der Waals surface area contributed by atoms with Gasteiger partial charge >= 0.3 is 5.97 Å². The van der Waals surface area contributed by atoms with Crippen molar-refractivity contribution in [2.45, 2.75) is 12.8 Å². The zero-order valence-corrected chi connectivity index (χ0v) is 15.4. The number of aromatic nitrogens is 1. The van der Waals surface area contributed by atoms with Crippen LogP contribution in [0.1, 0.15) is 11.1 Å². The van der Waals surface area contributed by atoms with Crippen LogP contribution in [-0.2, 0) is 17.6 Å². The fourth-order valence-corrected chi connectivity index (χ4v) is 3.44. The molecule has 4 rings (SSSR count). The summed E-state index contributed by atoms with van der Waals surface area (Å²) in [6.07, 6.45) is 4.00. The van der Waals surface area contributed by atoms with Crippen molar-refractivity contribution in [2.24, 2.45) is 0 Å². The average molecular weight is 371 g/mol. The van der Waals surface area contributed by atoms with Crippen LogP contribution in [0.25, 0.3) is 16.6 Å². The molecule has 0 amide bonds. The second-order valence-corrected chi connectivity index (χ2v) is 6.71. The van der Waals surface area contributed by atoms with E-state index in [9.17, 15) is 4.79 Å². The molecule has 4 nitrogen and oxygen atoms in total. The Bertz CT molecular complexity index is 1090. The predicted molar refractivity (Wildman–Crippen MR) is 110 cm³/mol. The summed E-state index contributed by atoms with van der Waals surface area (Å²) in [7, 11) is 0. The number of carboxylic acid groups (broad SMARTS) is 1. The molecule has 0 saturated carbocycles. The Labute approximate surface area is 163 Å². The van der Waals surface area contributed by atoms with Crippen LogP contribution < -0.4 is 4.74 Å². The van der Waals surface area contributed by atoms with Gasteiger partial charge in [0.05, 0.1) is 5.52 Å². The van der Waals surface area contributed by atoms with Gasteiger partial charge in [0, 0.05) is 17.3 Å². The lowest BCUT2D eigenvalue weighted by Gasteiger charge is -2.07. The highest BCUT2D eigenvalue weighted by Crippen LogP contribution is 2.29. The van der Waals surface area contributed by atoms with E-state index in [0.29, 0.717) is 5.75 Å². The van der Waals surface area contributed by atoms with Gasteiger partial charge in [-0.2, -0.15) is 0 Å². The standard InChI is InChI=1S/C24H21NO3/c26-24(27)17-28-21-13-14-23-22(15-21)19(12-11-18-7-3-1-4-8-18)16-25(23)20-9-5-2-6-10-20/h1-10,13-16H,11-12,17H2,(H,26,27). The Hall–Kier alpha value is -3.53. The summed E-state index contributed by atoms with van der Waals surface area (Å²) in [5, 5.41) is 9.96. The van der Waals surface area contributed by atoms with Crippen LogP contribution in [0, 0.1) is 0 Å². The van der Waals surface area contributed by atoms with Crippen LogP contribution >= 0.6 is 0 Å². The van der Waals surface area contributed by atoms with E-state index in [1.54, 1.807) is 0 Å². The lowest BCUT2D eigenvalue weighted by Crippen LogP contribution is -2.09. The normalized spacial score (nSPS) is 10.9. The number of rotatable bonds is 7. The van der Waals surface area contributed by atoms with Crippen molar-refractivity contribution < 1.29 is 14.6 Å². The van der Waals surface area contributed by atoms with Gasteiger partial charge in [0.15, 0.2) is 6.61 Å². The molecule has 140 valence electrons. The van der Waals surface area contributed by atoms with Gasteiger partial charge in [-0.05, 0) is 54.3 Å². The molecule has 0 bridgehead atoms. The number of aliphatic carboxylic acids is 1. The molecule has 4 heteroatoms. The van der Waals surface area contributed by atoms with Gasteiger partial charge in [0.1, 0.15) is 5.75 Å². The first-order valence-corrected chi connectivity index (χ1v) is 9.28. The molecule has 1 N–H and O–H groups in total. The van der Waals surface area contributed by atoms with Crippen molar-refractivity contribution in [3.05, 3.63) is 96.2 Å². The molecule has 4 aromatic rings. The summed E-state index contributed by atoms with van der Waals surface area (Å²) < 4.78 is 7.58. The lowest BCUT2D eigenvalue weighted by molar-refractivity contribution is -0.139. The van der Waals surface area contributed by atoms with Gasteiger partial charge in [0.25, 0.3) is 0 Å². The summed E-state index contributed by atoms with van der Waals surface area (Å²) in [5.74, 6) is -0.409. The molecule has 0 saturated heterocycles. The second-order valence-electron chi connectivity index (χ2n) is 6.71. The van der Waals surface area contributed by atoms with Crippen LogP contribution in [0.5, 0.6) is 5.75 Å². The zero-order chi connectivity index (χ0) is 19.3. The molecule has 3 aromatic carbocycles. The van der Waals surface area contributed by atoms with Crippen LogP contribution in [0.2, 0.25) is 0 Å². The van der Waals surface area contributed by atoms with Crippen LogP contribution in [-0.4, -0.2) is 22.2 Å². The third kappa shape index (κ3) is 3.91. The number of ether oxygens (including phenoxy) is 1. The first kappa shape index (κ1) is 17.9. The number of hydrogen-bond acceptors (Lipinski definition) is 2. The van der Waals surface area contributed by atoms with Gasteiger partial charge in [-0.25, -0.2) is 4.79 Å². The van der Waals surface area contributed by atoms with Crippen LogP contribution in [0.15, 0.2) is 85.1 Å². The zero-order valence-electron chi connectivity index (χ0n) is 15.4. The topological polar surface area (TPSA) is 51.5 Å². The number of hydrogen-bond donors (Lipinski definition) is 1.